The Bertz CT molecular complexity index is 310. The second-order valence-electron chi connectivity index (χ2n) is 2.75. The van der Waals surface area contributed by atoms with Gasteiger partial charge in [0.25, 0.3) is 0 Å². The summed E-state index contributed by atoms with van der Waals surface area (Å²) in [6, 6.07) is 5.65. The monoisotopic (exact) mass is 262 g/mol. The van der Waals surface area contributed by atoms with Crippen molar-refractivity contribution >= 4 is 27.5 Å². The minimum absolute atomic E-state index is 0.228. The van der Waals surface area contributed by atoms with Gasteiger partial charge in [-0.2, -0.15) is 0 Å². The summed E-state index contributed by atoms with van der Waals surface area (Å²) in [4.78, 5) is 0. The zero-order chi connectivity index (χ0) is 9.26. The number of hydrogen-bond donors (Lipinski definition) is 0. The molecule has 0 radical (unpaired) electrons. The maximum absolute atomic E-state index is 5.86. The quantitative estimate of drug-likeness (QED) is 0.775. The minimum Gasteiger partial charge on any atom is -0.346 e. The molecule has 0 spiro atoms. The van der Waals surface area contributed by atoms with Crippen LogP contribution in [-0.2, 0) is 9.47 Å². The zero-order valence-electron chi connectivity index (χ0n) is 6.80. The Morgan fingerprint density at radius 3 is 2.62 bits per heavy atom. The summed E-state index contributed by atoms with van der Waals surface area (Å²) in [6.07, 6.45) is -0.228. The highest BCUT2D eigenvalue weighted by atomic mass is 79.9. The third kappa shape index (κ3) is 2.05. The van der Waals surface area contributed by atoms with Crippen molar-refractivity contribution in [2.24, 2.45) is 0 Å². The number of halogens is 2. The van der Waals surface area contributed by atoms with Gasteiger partial charge in [-0.05, 0) is 28.1 Å². The van der Waals surface area contributed by atoms with E-state index in [0.717, 1.165) is 10.0 Å². The first-order chi connectivity index (χ1) is 6.27. The average molecular weight is 264 g/mol. The zero-order valence-corrected chi connectivity index (χ0v) is 9.14. The van der Waals surface area contributed by atoms with Crippen LogP contribution in [0, 0.1) is 0 Å². The summed E-state index contributed by atoms with van der Waals surface area (Å²) >= 11 is 9.21. The van der Waals surface area contributed by atoms with Crippen LogP contribution >= 0.6 is 27.5 Å². The molecule has 1 aromatic carbocycles. The predicted molar refractivity (Wildman–Crippen MR) is 53.8 cm³/mol. The van der Waals surface area contributed by atoms with Crippen LogP contribution in [0.15, 0.2) is 22.7 Å². The predicted octanol–water partition coefficient (Wildman–Crippen LogP) is 3.15. The third-order valence-corrected chi connectivity index (χ3v) is 3.05. The Kier molecular flexibility index (Phi) is 2.89. The number of benzene rings is 1. The molecule has 2 rings (SSSR count). The van der Waals surface area contributed by atoms with Gasteiger partial charge in [-0.1, -0.05) is 17.7 Å². The number of ether oxygens (including phenoxy) is 2. The van der Waals surface area contributed by atoms with Gasteiger partial charge in [-0.25, -0.2) is 0 Å². The first kappa shape index (κ1) is 9.46. The van der Waals surface area contributed by atoms with E-state index in [0.29, 0.717) is 18.2 Å². The van der Waals surface area contributed by atoms with E-state index in [1.54, 1.807) is 0 Å². The van der Waals surface area contributed by atoms with Crippen molar-refractivity contribution in [3.63, 3.8) is 0 Å². The van der Waals surface area contributed by atoms with Crippen molar-refractivity contribution in [1.29, 1.82) is 0 Å². The molecule has 1 aliphatic heterocycles. The first-order valence-electron chi connectivity index (χ1n) is 3.95. The van der Waals surface area contributed by atoms with Gasteiger partial charge in [0.2, 0.25) is 0 Å². The van der Waals surface area contributed by atoms with E-state index in [9.17, 15) is 0 Å². The van der Waals surface area contributed by atoms with Crippen LogP contribution < -0.4 is 0 Å². The van der Waals surface area contributed by atoms with Crippen molar-refractivity contribution in [3.05, 3.63) is 33.3 Å². The molecule has 0 atom stereocenters. The summed E-state index contributed by atoms with van der Waals surface area (Å²) in [6.45, 7) is 1.32. The molecule has 1 aliphatic rings. The fourth-order valence-corrected chi connectivity index (χ4v) is 1.72. The van der Waals surface area contributed by atoms with E-state index in [1.165, 1.54) is 0 Å². The molecule has 1 fully saturated rings. The van der Waals surface area contributed by atoms with Crippen LogP contribution in [0.3, 0.4) is 0 Å². The molecule has 1 heterocycles. The Balaban J connectivity index is 2.25. The van der Waals surface area contributed by atoms with E-state index >= 15 is 0 Å². The molecule has 0 aliphatic carbocycles. The highest BCUT2D eigenvalue weighted by molar-refractivity contribution is 9.10. The lowest BCUT2D eigenvalue weighted by Gasteiger charge is -2.09. The Hall–Kier alpha value is -0.0900. The second kappa shape index (κ2) is 3.96. The fraction of sp³-hybridized carbons (Fsp3) is 0.333. The summed E-state index contributed by atoms with van der Waals surface area (Å²) in [5, 5.41) is 0.696. The summed E-state index contributed by atoms with van der Waals surface area (Å²) in [5.74, 6) is 0. The molecule has 0 saturated carbocycles. The number of rotatable bonds is 1. The molecular formula is C9H8BrClO2. The molecular weight excluding hydrogens is 255 g/mol. The van der Waals surface area contributed by atoms with Gasteiger partial charge in [-0.15, -0.1) is 0 Å². The fourth-order valence-electron chi connectivity index (χ4n) is 1.21. The van der Waals surface area contributed by atoms with Crippen molar-refractivity contribution in [1.82, 2.24) is 0 Å². The molecule has 70 valence electrons. The van der Waals surface area contributed by atoms with Crippen LogP contribution in [0.2, 0.25) is 5.02 Å². The summed E-state index contributed by atoms with van der Waals surface area (Å²) in [7, 11) is 0. The lowest BCUT2D eigenvalue weighted by atomic mass is 10.2. The Morgan fingerprint density at radius 1 is 1.31 bits per heavy atom. The van der Waals surface area contributed by atoms with Gasteiger partial charge in [0.15, 0.2) is 6.29 Å². The van der Waals surface area contributed by atoms with Gasteiger partial charge in [0.1, 0.15) is 0 Å². The van der Waals surface area contributed by atoms with Gasteiger partial charge >= 0.3 is 0 Å². The molecule has 0 aromatic heterocycles. The molecule has 0 unspecified atom stereocenters. The molecule has 0 amide bonds. The van der Waals surface area contributed by atoms with Crippen molar-refractivity contribution in [2.75, 3.05) is 13.2 Å². The van der Waals surface area contributed by atoms with Crippen molar-refractivity contribution < 1.29 is 9.47 Å². The lowest BCUT2D eigenvalue weighted by molar-refractivity contribution is -0.0441. The van der Waals surface area contributed by atoms with Crippen LogP contribution in [0.1, 0.15) is 11.9 Å². The topological polar surface area (TPSA) is 18.5 Å². The molecule has 1 aromatic rings. The molecule has 1 saturated heterocycles. The highest BCUT2D eigenvalue weighted by Gasteiger charge is 2.18. The first-order valence-corrected chi connectivity index (χ1v) is 5.12. The highest BCUT2D eigenvalue weighted by Crippen LogP contribution is 2.29. The molecule has 0 bridgehead atoms. The maximum atomic E-state index is 5.86. The summed E-state index contributed by atoms with van der Waals surface area (Å²) in [5.41, 5.74) is 0.994. The molecule has 13 heavy (non-hydrogen) atoms. The van der Waals surface area contributed by atoms with E-state index in [-0.39, 0.29) is 6.29 Å². The van der Waals surface area contributed by atoms with Gasteiger partial charge in [0.05, 0.1) is 18.2 Å². The maximum Gasteiger partial charge on any atom is 0.184 e. The average Bonchev–Trinajstić information content (AvgIpc) is 2.62. The van der Waals surface area contributed by atoms with Gasteiger partial charge in [-0.3, -0.25) is 0 Å². The van der Waals surface area contributed by atoms with E-state index in [4.69, 9.17) is 21.1 Å². The largest absolute Gasteiger partial charge is 0.346 e. The smallest absolute Gasteiger partial charge is 0.184 e. The SMILES string of the molecule is Clc1ccc(C2OCCO2)cc1Br. The van der Waals surface area contributed by atoms with Crippen molar-refractivity contribution in [3.8, 4) is 0 Å². The van der Waals surface area contributed by atoms with E-state index < -0.39 is 0 Å². The minimum atomic E-state index is -0.228. The molecule has 2 nitrogen and oxygen atoms in total. The van der Waals surface area contributed by atoms with Crippen LogP contribution in [0.4, 0.5) is 0 Å². The van der Waals surface area contributed by atoms with Crippen molar-refractivity contribution in [2.45, 2.75) is 6.29 Å². The third-order valence-electron chi connectivity index (χ3n) is 1.84. The van der Waals surface area contributed by atoms with Gasteiger partial charge < -0.3 is 9.47 Å². The van der Waals surface area contributed by atoms with E-state index in [2.05, 4.69) is 15.9 Å². The van der Waals surface area contributed by atoms with Gasteiger partial charge in [0, 0.05) is 10.0 Å². The lowest BCUT2D eigenvalue weighted by Crippen LogP contribution is -1.97. The van der Waals surface area contributed by atoms with Crippen LogP contribution in [0.5, 0.6) is 0 Å². The Morgan fingerprint density at radius 2 is 2.00 bits per heavy atom. The number of hydrogen-bond acceptors (Lipinski definition) is 2. The van der Waals surface area contributed by atoms with Crippen LogP contribution in [0.25, 0.3) is 0 Å². The standard InChI is InChI=1S/C9H8BrClO2/c10-7-5-6(1-2-8(7)11)9-12-3-4-13-9/h1-2,5,9H,3-4H2. The summed E-state index contributed by atoms with van der Waals surface area (Å²) < 4.78 is 11.6. The molecule has 4 heteroatoms. The normalized spacial score (nSPS) is 18.0. The Labute approximate surface area is 89.9 Å². The van der Waals surface area contributed by atoms with Crippen LogP contribution in [-0.4, -0.2) is 13.2 Å². The second-order valence-corrected chi connectivity index (χ2v) is 4.01. The molecule has 0 N–H and O–H groups in total. The van der Waals surface area contributed by atoms with E-state index in [1.807, 2.05) is 18.2 Å².